The second-order valence-electron chi connectivity index (χ2n) is 3.59. The molecule has 104 valence electrons. The van der Waals surface area contributed by atoms with Crippen LogP contribution in [0.4, 0.5) is 4.39 Å². The van der Waals surface area contributed by atoms with E-state index in [0.717, 1.165) is 24.7 Å². The van der Waals surface area contributed by atoms with E-state index in [1.807, 2.05) is 0 Å². The molecule has 1 heterocycles. The van der Waals surface area contributed by atoms with Gasteiger partial charge in [0.15, 0.2) is 0 Å². The van der Waals surface area contributed by atoms with Crippen molar-refractivity contribution in [2.45, 2.75) is 12.5 Å². The number of aromatic nitrogens is 1. The molecule has 1 atom stereocenters. The monoisotopic (exact) mass is 466 g/mol. The molecular formula is C10H11AtFN3O4. The van der Waals surface area contributed by atoms with E-state index < -0.39 is 23.9 Å². The molecule has 1 rings (SSSR count). The molecule has 0 radical (unpaired) electrons. The molecule has 0 bridgehead atoms. The normalized spacial score (nSPS) is 12.0. The zero-order valence-corrected chi connectivity index (χ0v) is 12.8. The number of hydrogen-bond donors (Lipinski definition) is 3. The molecule has 1 aromatic rings. The third-order valence-corrected chi connectivity index (χ3v) is 3.68. The van der Waals surface area contributed by atoms with Crippen LogP contribution in [0.3, 0.4) is 0 Å². The number of carboxylic acids is 1. The molecule has 0 saturated heterocycles. The molecule has 0 spiro atoms. The summed E-state index contributed by atoms with van der Waals surface area (Å²) in [5, 5.41) is 8.73. The van der Waals surface area contributed by atoms with Crippen molar-refractivity contribution in [3.8, 4) is 5.75 Å². The van der Waals surface area contributed by atoms with Gasteiger partial charge in [0.05, 0.1) is 0 Å². The van der Waals surface area contributed by atoms with E-state index in [1.165, 1.54) is 7.11 Å². The minimum absolute atomic E-state index is 0.0506. The van der Waals surface area contributed by atoms with Gasteiger partial charge in [-0.3, -0.25) is 0 Å². The fraction of sp³-hybridized carbons (Fsp3) is 0.300. The van der Waals surface area contributed by atoms with Crippen molar-refractivity contribution in [1.82, 2.24) is 4.98 Å². The van der Waals surface area contributed by atoms with Gasteiger partial charge in [0.2, 0.25) is 0 Å². The van der Waals surface area contributed by atoms with Gasteiger partial charge in [0, 0.05) is 0 Å². The topological polar surface area (TPSA) is 129 Å². The number of ether oxygens (including phenoxy) is 1. The molecule has 0 saturated carbocycles. The Labute approximate surface area is 123 Å². The van der Waals surface area contributed by atoms with E-state index >= 15 is 0 Å². The Hall–Kier alpha value is -1.34. The summed E-state index contributed by atoms with van der Waals surface area (Å²) in [6, 6.07) is -1.30. The number of nitrogens with two attached hydrogens (primary N) is 2. The van der Waals surface area contributed by atoms with Crippen LogP contribution in [0, 0.1) is 30.7 Å². The molecule has 1 amide bonds. The first-order chi connectivity index (χ1) is 8.79. The van der Waals surface area contributed by atoms with Crippen LogP contribution in [0.2, 0.25) is 0 Å². The van der Waals surface area contributed by atoms with Crippen molar-refractivity contribution in [2.75, 3.05) is 7.11 Å². The van der Waals surface area contributed by atoms with Crippen LogP contribution < -0.4 is 19.5 Å². The number of hydrogen-bond acceptors (Lipinski definition) is 5. The maximum absolute atomic E-state index is 13.8. The number of nitrogens with zero attached hydrogens (tertiary/aromatic N) is 1. The van der Waals surface area contributed by atoms with Crippen molar-refractivity contribution in [3.05, 3.63) is 17.2 Å². The number of carboxylic acid groups (broad SMARTS) is 1. The van der Waals surface area contributed by atoms with Crippen LogP contribution in [-0.2, 0) is 11.2 Å². The zero-order chi connectivity index (χ0) is 14.7. The summed E-state index contributed by atoms with van der Waals surface area (Å²) in [5.74, 6) is -3.12. The Kier molecular flexibility index (Phi) is 5.14. The van der Waals surface area contributed by atoms with Crippen molar-refractivity contribution in [1.29, 1.82) is 0 Å². The summed E-state index contributed by atoms with van der Waals surface area (Å²) in [6.45, 7) is 0. The summed E-state index contributed by atoms with van der Waals surface area (Å²) in [6.07, 6.45) is -0.299. The summed E-state index contributed by atoms with van der Waals surface area (Å²) in [5.41, 5.74) is 10.1. The second kappa shape index (κ2) is 6.21. The number of carbonyl (C=O) groups is 2. The zero-order valence-electron chi connectivity index (χ0n) is 9.81. The molecule has 0 aromatic carbocycles. The van der Waals surface area contributed by atoms with Crippen LogP contribution in [0.15, 0.2) is 0 Å². The third-order valence-electron chi connectivity index (χ3n) is 2.32. The number of primary amides is 1. The van der Waals surface area contributed by atoms with Crippen molar-refractivity contribution >= 4 is 15.1 Å². The molecule has 9 heteroatoms. The molecule has 7 nitrogen and oxygen atoms in total. The average Bonchev–Trinajstić information content (AvgIpc) is 2.33. The van der Waals surface area contributed by atoms with Crippen LogP contribution in [0.25, 0.3) is 0 Å². The number of rotatable bonds is 5. The number of methoxy groups -OCH3 is 1. The first-order valence-corrected chi connectivity index (χ1v) is 6.46. The van der Waals surface area contributed by atoms with Gasteiger partial charge >= 0.3 is 123 Å². The van der Waals surface area contributed by atoms with Crippen LogP contribution >= 0.6 is 0 Å². The van der Waals surface area contributed by atoms with E-state index in [2.05, 4.69) is 4.98 Å². The van der Waals surface area contributed by atoms with Gasteiger partial charge in [-0.15, -0.1) is 0 Å². The van der Waals surface area contributed by atoms with Gasteiger partial charge in [-0.05, 0) is 0 Å². The van der Waals surface area contributed by atoms with Crippen LogP contribution in [0.5, 0.6) is 5.75 Å². The number of aliphatic carboxylic acids is 1. The first-order valence-electron chi connectivity index (χ1n) is 4.99. The average molecular weight is 466 g/mol. The molecule has 5 N–H and O–H groups in total. The van der Waals surface area contributed by atoms with Gasteiger partial charge in [-0.1, -0.05) is 0 Å². The van der Waals surface area contributed by atoms with E-state index in [1.54, 1.807) is 0 Å². The van der Waals surface area contributed by atoms with Gasteiger partial charge in [0.25, 0.3) is 0 Å². The minimum atomic E-state index is -1.30. The molecule has 19 heavy (non-hydrogen) atoms. The SMILES string of the molecule is COc1c([At])c(C(N)=O)nc(F)c1CC(N)C(=O)O. The Bertz CT molecular complexity index is 538. The Morgan fingerprint density at radius 2 is 2.16 bits per heavy atom. The van der Waals surface area contributed by atoms with E-state index in [-0.39, 0.29) is 23.4 Å². The predicted molar refractivity (Wildman–Crippen MR) is 58.2 cm³/mol. The Balaban J connectivity index is 3.36. The van der Waals surface area contributed by atoms with Crippen molar-refractivity contribution in [3.63, 3.8) is 0 Å². The number of carbonyl (C=O) groups excluding carboxylic acids is 1. The maximum atomic E-state index is 13.8. The summed E-state index contributed by atoms with van der Waals surface area (Å²) < 4.78 is 19.1. The van der Waals surface area contributed by atoms with Gasteiger partial charge in [0.1, 0.15) is 0 Å². The van der Waals surface area contributed by atoms with Crippen LogP contribution in [-0.4, -0.2) is 35.1 Å². The molecule has 0 aliphatic rings. The molecular weight excluding hydrogens is 455 g/mol. The molecule has 0 fully saturated rings. The van der Waals surface area contributed by atoms with E-state index in [4.69, 9.17) is 21.3 Å². The van der Waals surface area contributed by atoms with Crippen molar-refractivity contribution in [2.24, 2.45) is 11.5 Å². The van der Waals surface area contributed by atoms with E-state index in [9.17, 15) is 14.0 Å². The van der Waals surface area contributed by atoms with E-state index in [0.29, 0.717) is 3.27 Å². The number of halogens is 1. The fourth-order valence-corrected chi connectivity index (χ4v) is 2.68. The summed E-state index contributed by atoms with van der Waals surface area (Å²) in [4.78, 5) is 25.2. The molecule has 0 aliphatic heterocycles. The Morgan fingerprint density at radius 3 is 2.58 bits per heavy atom. The number of pyridine rings is 1. The van der Waals surface area contributed by atoms with Crippen LogP contribution in [0.1, 0.15) is 16.1 Å². The first kappa shape index (κ1) is 15.7. The summed E-state index contributed by atoms with van der Waals surface area (Å²) >= 11 is 1.02. The molecule has 1 aromatic heterocycles. The standard InChI is InChI=1S/C10H11AtFN3O4/c1-19-7-3(2-4(13)10(17)18)8(12)15-6(5(7)11)9(14)16/h4H,2,13H2,1H3,(H2,14,16)(H,17,18). The van der Waals surface area contributed by atoms with Gasteiger partial charge < -0.3 is 0 Å². The molecule has 0 aliphatic carbocycles. The third kappa shape index (κ3) is 3.36. The molecule has 1 unspecified atom stereocenters. The second-order valence-corrected chi connectivity index (χ2v) is 5.06. The Morgan fingerprint density at radius 1 is 1.58 bits per heavy atom. The number of amides is 1. The van der Waals surface area contributed by atoms with Crippen molar-refractivity contribution < 1.29 is 48.5 Å². The predicted octanol–water partition coefficient (Wildman–Crippen LogP) is -1.54. The quantitative estimate of drug-likeness (QED) is 0.452. The van der Waals surface area contributed by atoms with Gasteiger partial charge in [-0.25, -0.2) is 0 Å². The summed E-state index contributed by atoms with van der Waals surface area (Å²) in [7, 11) is 1.28. The van der Waals surface area contributed by atoms with Gasteiger partial charge in [-0.2, -0.15) is 0 Å². The fourth-order valence-electron chi connectivity index (χ4n) is 1.41.